The minimum absolute atomic E-state index is 0.0671. The smallest absolute Gasteiger partial charge is 0.407 e. The Morgan fingerprint density at radius 1 is 0.776 bits per heavy atom. The van der Waals surface area contributed by atoms with Crippen LogP contribution in [0.5, 0.6) is 5.75 Å². The molecule has 5 rings (SSSR count). The summed E-state index contributed by atoms with van der Waals surface area (Å²) in [6.07, 6.45) is 12.4. The van der Waals surface area contributed by atoms with Gasteiger partial charge in [0.1, 0.15) is 18.0 Å². The number of amides is 3. The number of carbonyl (C=O) groups excluding carboxylic acids is 5. The zero-order valence-corrected chi connectivity index (χ0v) is 47.9. The molecule has 2 aliphatic rings. The number of ketones is 2. The number of hydrogen-bond donors (Lipinski definition) is 4. The van der Waals surface area contributed by atoms with Crippen molar-refractivity contribution in [1.29, 1.82) is 0 Å². The third-order valence-corrected chi connectivity index (χ3v) is 14.4. The van der Waals surface area contributed by atoms with Crippen LogP contribution in [-0.4, -0.2) is 98.9 Å². The number of nitrogens with one attached hydrogen (secondary N) is 3. The highest BCUT2D eigenvalue weighted by molar-refractivity contribution is 7.57. The predicted molar refractivity (Wildman–Crippen MR) is 309 cm³/mol. The molecular formula is C62H88N5O8P. The number of hydrogen-bond acceptors (Lipinski definition) is 9. The molecule has 3 aromatic carbocycles. The summed E-state index contributed by atoms with van der Waals surface area (Å²) in [6, 6.07) is 21.0. The van der Waals surface area contributed by atoms with Crippen LogP contribution in [0.25, 0.3) is 23.8 Å². The molecule has 0 heterocycles. The van der Waals surface area contributed by atoms with Gasteiger partial charge in [-0.3, -0.25) is 24.2 Å². The molecule has 0 aromatic heterocycles. The van der Waals surface area contributed by atoms with E-state index in [2.05, 4.69) is 78.5 Å². The van der Waals surface area contributed by atoms with Crippen LogP contribution < -0.4 is 47.3 Å². The van der Waals surface area contributed by atoms with E-state index in [1.807, 2.05) is 68.4 Å². The molecular weight excluding hydrogens is 974 g/mol. The first-order valence-electron chi connectivity index (χ1n) is 27.7. The number of aliphatic imine (C=N–C) groups is 1. The number of nitrogens with two attached hydrogens (primary N) is 1. The van der Waals surface area contributed by atoms with E-state index in [0.717, 1.165) is 56.8 Å². The van der Waals surface area contributed by atoms with Crippen molar-refractivity contribution in [3.05, 3.63) is 98.7 Å². The summed E-state index contributed by atoms with van der Waals surface area (Å²) in [5.41, 5.74) is 8.49. The van der Waals surface area contributed by atoms with Crippen molar-refractivity contribution in [2.24, 2.45) is 34.4 Å². The monoisotopic (exact) mass is 1060 g/mol. The van der Waals surface area contributed by atoms with E-state index in [9.17, 15) is 24.0 Å². The van der Waals surface area contributed by atoms with Gasteiger partial charge in [-0.05, 0) is 136 Å². The van der Waals surface area contributed by atoms with Crippen molar-refractivity contribution >= 4 is 67.0 Å². The summed E-state index contributed by atoms with van der Waals surface area (Å²) in [4.78, 5) is 74.4. The molecule has 0 bridgehead atoms. The zero-order chi connectivity index (χ0) is 55.2. The van der Waals surface area contributed by atoms with Crippen molar-refractivity contribution in [3.8, 4) is 5.75 Å². The fraction of sp³-hybridized carbons (Fsp3) is 0.548. The number of rotatable bonds is 31. The first kappa shape index (κ1) is 61.2. The van der Waals surface area contributed by atoms with Gasteiger partial charge in [-0.15, -0.1) is 7.92 Å². The number of benzene rings is 3. The Bertz CT molecular complexity index is 2700. The zero-order valence-electron chi connectivity index (χ0n) is 47.0. The van der Waals surface area contributed by atoms with Gasteiger partial charge in [0.25, 0.3) is 0 Å². The van der Waals surface area contributed by atoms with Gasteiger partial charge in [0.2, 0.25) is 11.8 Å². The second-order valence-corrected chi connectivity index (χ2v) is 25.1. The topological polar surface area (TPSA) is 188 Å². The first-order valence-corrected chi connectivity index (χ1v) is 30.1. The number of carbonyl (C=O) groups is 5. The van der Waals surface area contributed by atoms with Crippen LogP contribution >= 0.6 is 7.92 Å². The van der Waals surface area contributed by atoms with Crippen LogP contribution in [0.2, 0.25) is 0 Å². The van der Waals surface area contributed by atoms with Gasteiger partial charge >= 0.3 is 6.09 Å². The third-order valence-electron chi connectivity index (χ3n) is 13.4. The lowest BCUT2D eigenvalue weighted by Crippen LogP contribution is -2.46. The van der Waals surface area contributed by atoms with E-state index < -0.39 is 35.5 Å². The van der Waals surface area contributed by atoms with Gasteiger partial charge in [-0.1, -0.05) is 113 Å². The summed E-state index contributed by atoms with van der Waals surface area (Å²) in [6.45, 7) is 19.4. The Kier molecular flexibility index (Phi) is 24.9. The maximum atomic E-state index is 14.7. The molecule has 5 N–H and O–H groups in total. The fourth-order valence-corrected chi connectivity index (χ4v) is 10.5. The molecule has 0 aliphatic heterocycles. The van der Waals surface area contributed by atoms with Gasteiger partial charge in [0.15, 0.2) is 11.6 Å². The standard InChI is InChI=1S/C62H88N5O8P/c1-42(2)32-35-73-54-30-28-45-22-13-15-25-50(45)57(54)58-51-26-16-14-23-46(51)29-31-55(58)74-40-49(68)37-47(24-17-18-33-65-61(72)75-62(5,6)7)60(71)67-52(27-19-34-64-56(63)41-76(8)9)53(69)38-48(36-43(3)4)59(70)66-39-44-20-11-10-12-21-44/h10-13,15,20-23,25-26,28-29,31,42-43,47-48,52,54H,14,16-19,24,27,30,32-41H2,1-9H3,(H2,63,64)(H,65,72)(H,66,70)(H,67,71)/t47-,48+,52+,54-/m0/s1. The van der Waals surface area contributed by atoms with Gasteiger partial charge < -0.3 is 35.9 Å². The lowest BCUT2D eigenvalue weighted by molar-refractivity contribution is -0.134. The molecule has 414 valence electrons. The number of nitrogens with zero attached hydrogens (tertiary/aromatic N) is 1. The maximum Gasteiger partial charge on any atom is 0.407 e. The first-order chi connectivity index (χ1) is 36.3. The highest BCUT2D eigenvalue weighted by Crippen LogP contribution is 2.29. The minimum atomic E-state index is -0.938. The molecule has 0 unspecified atom stereocenters. The summed E-state index contributed by atoms with van der Waals surface area (Å²) in [5, 5.41) is 13.3. The Morgan fingerprint density at radius 2 is 1.51 bits per heavy atom. The van der Waals surface area contributed by atoms with E-state index in [4.69, 9.17) is 19.9 Å². The summed E-state index contributed by atoms with van der Waals surface area (Å²) in [5.74, 6) is -0.875. The lowest BCUT2D eigenvalue weighted by Gasteiger charge is -2.26. The van der Waals surface area contributed by atoms with Crippen molar-refractivity contribution in [1.82, 2.24) is 16.0 Å². The van der Waals surface area contributed by atoms with Crippen molar-refractivity contribution in [3.63, 3.8) is 0 Å². The van der Waals surface area contributed by atoms with Crippen LogP contribution in [0.1, 0.15) is 137 Å². The predicted octanol–water partition coefficient (Wildman–Crippen LogP) is 7.81. The summed E-state index contributed by atoms with van der Waals surface area (Å²) < 4.78 is 18.7. The van der Waals surface area contributed by atoms with Crippen LogP contribution in [0.15, 0.2) is 71.7 Å². The Balaban J connectivity index is 1.41. The molecule has 2 aliphatic carbocycles. The number of Topliss-reactive ketones (excluding diaryl/α,β-unsaturated/α-hetero) is 2. The van der Waals surface area contributed by atoms with Crippen LogP contribution in [-0.2, 0) is 35.2 Å². The molecule has 0 spiro atoms. The minimum Gasteiger partial charge on any atom is -0.485 e. The number of amidine groups is 1. The van der Waals surface area contributed by atoms with Gasteiger partial charge in [-0.2, -0.15) is 0 Å². The van der Waals surface area contributed by atoms with Crippen molar-refractivity contribution in [2.45, 2.75) is 150 Å². The largest absolute Gasteiger partial charge is 0.485 e. The number of unbranched alkanes of at least 4 members (excludes halogenated alkanes) is 1. The second kappa shape index (κ2) is 30.9. The molecule has 76 heavy (non-hydrogen) atoms. The maximum absolute atomic E-state index is 14.7. The lowest BCUT2D eigenvalue weighted by atomic mass is 9.87. The van der Waals surface area contributed by atoms with E-state index in [1.165, 1.54) is 0 Å². The number of ether oxygens (including phenoxy) is 3. The van der Waals surface area contributed by atoms with Gasteiger partial charge in [-0.25, -0.2) is 4.79 Å². The van der Waals surface area contributed by atoms with E-state index in [0.29, 0.717) is 88.4 Å². The van der Waals surface area contributed by atoms with Crippen molar-refractivity contribution in [2.75, 3.05) is 45.8 Å². The highest BCUT2D eigenvalue weighted by Gasteiger charge is 2.32. The molecule has 0 saturated carbocycles. The Morgan fingerprint density at radius 3 is 2.24 bits per heavy atom. The Labute approximate surface area is 453 Å². The van der Waals surface area contributed by atoms with Gasteiger partial charge in [0.05, 0.1) is 18.0 Å². The van der Waals surface area contributed by atoms with E-state index in [-0.39, 0.29) is 63.3 Å². The quantitative estimate of drug-likeness (QED) is 0.0216. The Hall–Kier alpha value is -5.65. The number of fused-ring (bicyclic) bond motifs is 2. The highest BCUT2D eigenvalue weighted by atomic mass is 31.1. The van der Waals surface area contributed by atoms with Gasteiger partial charge in [0, 0.05) is 68.2 Å². The normalized spacial score (nSPS) is 15.6. The molecule has 0 radical (unpaired) electrons. The summed E-state index contributed by atoms with van der Waals surface area (Å²) in [7, 11) is -0.286. The average Bonchev–Trinajstić information content (AvgIpc) is 3.36. The van der Waals surface area contributed by atoms with Crippen LogP contribution in [0.4, 0.5) is 4.79 Å². The average molecular weight is 1060 g/mol. The van der Waals surface area contributed by atoms with E-state index in [1.54, 1.807) is 20.8 Å². The molecule has 0 saturated heterocycles. The van der Waals surface area contributed by atoms with Crippen molar-refractivity contribution < 1.29 is 38.2 Å². The van der Waals surface area contributed by atoms with Crippen LogP contribution in [0.3, 0.4) is 0 Å². The van der Waals surface area contributed by atoms with E-state index >= 15 is 0 Å². The molecule has 4 atom stereocenters. The molecule has 3 aromatic rings. The number of alkyl carbamates (subject to hydrolysis) is 1. The molecule has 14 heteroatoms. The second-order valence-electron chi connectivity index (χ2n) is 22.6. The fourth-order valence-electron chi connectivity index (χ4n) is 9.72. The summed E-state index contributed by atoms with van der Waals surface area (Å²) >= 11 is 0. The van der Waals surface area contributed by atoms with Crippen LogP contribution in [0, 0.1) is 23.7 Å². The third kappa shape index (κ3) is 20.7. The SMILES string of the molecule is CC(C)CCO[C@H]1CC=c2ccccc2=C1c1c(OCC(=O)C[C@H](CCCCNC(=O)OC(C)(C)C)C(=O)N[C@H](CCCN=C(N)CP(C)C)C(=O)C[C@@H](CC(C)C)C(=O)NCc2ccccc2)ccc2c1=CCCC=2. The molecule has 3 amide bonds. The molecule has 13 nitrogen and oxygen atoms in total. The molecule has 0 fully saturated rings.